The molecule has 8 nitrogen and oxygen atoms in total. The molecular formula is C12H20N4O4. The van der Waals surface area contributed by atoms with Crippen LogP contribution in [0.15, 0.2) is 5.11 Å². The Morgan fingerprint density at radius 2 is 2.10 bits per heavy atom. The van der Waals surface area contributed by atoms with E-state index < -0.39 is 35.7 Å². The number of amides is 1. The highest BCUT2D eigenvalue weighted by Gasteiger charge is 2.38. The number of rotatable bonds is 4. The van der Waals surface area contributed by atoms with Crippen LogP contribution in [0.1, 0.15) is 40.0 Å². The summed E-state index contributed by atoms with van der Waals surface area (Å²) in [6.45, 7) is 5.09. The molecule has 1 unspecified atom stereocenters. The van der Waals surface area contributed by atoms with E-state index in [4.69, 9.17) is 10.3 Å². The summed E-state index contributed by atoms with van der Waals surface area (Å²) in [7, 11) is 0. The van der Waals surface area contributed by atoms with Gasteiger partial charge in [0.05, 0.1) is 0 Å². The molecule has 0 aromatic carbocycles. The van der Waals surface area contributed by atoms with Gasteiger partial charge in [-0.1, -0.05) is 11.5 Å². The van der Waals surface area contributed by atoms with Crippen LogP contribution in [0.25, 0.3) is 10.4 Å². The zero-order valence-electron chi connectivity index (χ0n) is 11.9. The van der Waals surface area contributed by atoms with E-state index in [-0.39, 0.29) is 0 Å². The summed E-state index contributed by atoms with van der Waals surface area (Å²) < 4.78 is 5.06. The number of carbonyl (C=O) groups excluding carboxylic acids is 1. The van der Waals surface area contributed by atoms with E-state index in [1.807, 2.05) is 0 Å². The highest BCUT2D eigenvalue weighted by atomic mass is 16.6. The molecule has 0 radical (unpaired) electrons. The van der Waals surface area contributed by atoms with Gasteiger partial charge in [0.2, 0.25) is 0 Å². The Morgan fingerprint density at radius 3 is 2.60 bits per heavy atom. The van der Waals surface area contributed by atoms with Crippen LogP contribution >= 0.6 is 0 Å². The summed E-state index contributed by atoms with van der Waals surface area (Å²) in [5.74, 6) is -1.56. The molecule has 0 spiro atoms. The maximum absolute atomic E-state index is 11.7. The van der Waals surface area contributed by atoms with Crippen LogP contribution in [0.3, 0.4) is 0 Å². The van der Waals surface area contributed by atoms with Crippen molar-refractivity contribution in [3.63, 3.8) is 0 Å². The first-order valence-electron chi connectivity index (χ1n) is 6.51. The summed E-state index contributed by atoms with van der Waals surface area (Å²) in [6.07, 6.45) is 1.22. The first-order chi connectivity index (χ1) is 9.24. The summed E-state index contributed by atoms with van der Waals surface area (Å²) >= 11 is 0. The fourth-order valence-corrected chi connectivity index (χ4v) is 2.35. The number of ether oxygens (including phenoxy) is 1. The molecular weight excluding hydrogens is 264 g/mol. The lowest BCUT2D eigenvalue weighted by molar-refractivity contribution is -0.141. The second-order valence-corrected chi connectivity index (χ2v) is 5.83. The molecule has 1 aliphatic carbocycles. The Bertz CT molecular complexity index is 426. The molecule has 0 heterocycles. The quantitative estimate of drug-likeness (QED) is 0.467. The van der Waals surface area contributed by atoms with E-state index >= 15 is 0 Å². The van der Waals surface area contributed by atoms with Crippen LogP contribution in [0, 0.1) is 5.92 Å². The molecule has 1 saturated carbocycles. The van der Waals surface area contributed by atoms with Crippen LogP contribution in [-0.4, -0.2) is 34.9 Å². The average molecular weight is 284 g/mol. The van der Waals surface area contributed by atoms with E-state index in [0.717, 1.165) is 6.42 Å². The van der Waals surface area contributed by atoms with E-state index in [1.165, 1.54) is 0 Å². The molecule has 1 fully saturated rings. The maximum Gasteiger partial charge on any atom is 0.408 e. The predicted octanol–water partition coefficient (Wildman–Crippen LogP) is 2.44. The molecule has 1 aliphatic rings. The van der Waals surface area contributed by atoms with Gasteiger partial charge in [-0.2, -0.15) is 0 Å². The molecule has 0 saturated heterocycles. The lowest BCUT2D eigenvalue weighted by Gasteiger charge is -2.26. The van der Waals surface area contributed by atoms with Crippen LogP contribution in [0.5, 0.6) is 0 Å². The van der Waals surface area contributed by atoms with Gasteiger partial charge < -0.3 is 15.2 Å². The predicted molar refractivity (Wildman–Crippen MR) is 71.1 cm³/mol. The SMILES string of the molecule is CC(C)(C)OC(=O)NC(C(=O)O)[C@@H]1CCC[C@@H]1N=[N+]=[N-]. The smallest absolute Gasteiger partial charge is 0.408 e. The zero-order chi connectivity index (χ0) is 15.3. The Balaban J connectivity index is 2.77. The molecule has 20 heavy (non-hydrogen) atoms. The van der Waals surface area contributed by atoms with Gasteiger partial charge in [-0.05, 0) is 45.1 Å². The van der Waals surface area contributed by atoms with Crippen molar-refractivity contribution in [2.24, 2.45) is 11.0 Å². The van der Waals surface area contributed by atoms with Gasteiger partial charge in [0.1, 0.15) is 11.6 Å². The van der Waals surface area contributed by atoms with Gasteiger partial charge in [-0.15, -0.1) is 0 Å². The van der Waals surface area contributed by atoms with Gasteiger partial charge >= 0.3 is 12.1 Å². The Morgan fingerprint density at radius 1 is 1.45 bits per heavy atom. The third kappa shape index (κ3) is 4.62. The molecule has 112 valence electrons. The number of carboxylic acid groups (broad SMARTS) is 1. The topological polar surface area (TPSA) is 124 Å². The normalized spacial score (nSPS) is 23.6. The van der Waals surface area contributed by atoms with Crippen molar-refractivity contribution < 1.29 is 19.4 Å². The van der Waals surface area contributed by atoms with Gasteiger partial charge in [0.15, 0.2) is 0 Å². The number of nitrogens with zero attached hydrogens (tertiary/aromatic N) is 3. The fraction of sp³-hybridized carbons (Fsp3) is 0.833. The number of hydrogen-bond acceptors (Lipinski definition) is 4. The van der Waals surface area contributed by atoms with Gasteiger partial charge in [0.25, 0.3) is 0 Å². The molecule has 1 rings (SSSR count). The standard InChI is InChI=1S/C12H20N4O4/c1-12(2,3)20-11(19)14-9(10(17)18)7-5-4-6-8(7)15-16-13/h7-9H,4-6H2,1-3H3,(H,14,19)(H,17,18)/t7-,8+,9?/m1/s1. The Hall–Kier alpha value is -1.95. The van der Waals surface area contributed by atoms with Crippen molar-refractivity contribution in [3.8, 4) is 0 Å². The lowest BCUT2D eigenvalue weighted by atomic mass is 9.95. The minimum atomic E-state index is -1.15. The van der Waals surface area contributed by atoms with Crippen molar-refractivity contribution in [2.75, 3.05) is 0 Å². The summed E-state index contributed by atoms with van der Waals surface area (Å²) in [5, 5.41) is 15.2. The van der Waals surface area contributed by atoms with Crippen molar-refractivity contribution >= 4 is 12.1 Å². The van der Waals surface area contributed by atoms with Gasteiger partial charge in [0, 0.05) is 11.0 Å². The number of alkyl carbamates (subject to hydrolysis) is 1. The lowest BCUT2D eigenvalue weighted by Crippen LogP contribution is -2.49. The third-order valence-electron chi connectivity index (χ3n) is 3.10. The van der Waals surface area contributed by atoms with Crippen molar-refractivity contribution in [2.45, 2.75) is 57.7 Å². The van der Waals surface area contributed by atoms with Gasteiger partial charge in [-0.3, -0.25) is 0 Å². The van der Waals surface area contributed by atoms with E-state index in [1.54, 1.807) is 20.8 Å². The van der Waals surface area contributed by atoms with Crippen LogP contribution in [0.2, 0.25) is 0 Å². The number of carboxylic acids is 1. The Labute approximate surface area is 117 Å². The molecule has 0 aromatic rings. The average Bonchev–Trinajstić information content (AvgIpc) is 2.71. The van der Waals surface area contributed by atoms with Gasteiger partial charge in [-0.25, -0.2) is 9.59 Å². The van der Waals surface area contributed by atoms with E-state index in [9.17, 15) is 14.7 Å². The number of aliphatic carboxylic acids is 1. The fourth-order valence-electron chi connectivity index (χ4n) is 2.35. The molecule has 2 N–H and O–H groups in total. The summed E-state index contributed by atoms with van der Waals surface area (Å²) in [5.41, 5.74) is 7.80. The second kappa shape index (κ2) is 6.47. The number of hydrogen-bond donors (Lipinski definition) is 2. The minimum Gasteiger partial charge on any atom is -0.480 e. The summed E-state index contributed by atoms with van der Waals surface area (Å²) in [4.78, 5) is 25.8. The van der Waals surface area contributed by atoms with Crippen LogP contribution in [0.4, 0.5) is 4.79 Å². The highest BCUT2D eigenvalue weighted by molar-refractivity contribution is 5.80. The highest BCUT2D eigenvalue weighted by Crippen LogP contribution is 2.31. The first kappa shape index (κ1) is 16.1. The largest absolute Gasteiger partial charge is 0.480 e. The van der Waals surface area contributed by atoms with Crippen molar-refractivity contribution in [1.29, 1.82) is 0 Å². The van der Waals surface area contributed by atoms with Crippen molar-refractivity contribution in [3.05, 3.63) is 10.4 Å². The number of azide groups is 1. The number of carbonyl (C=O) groups is 2. The first-order valence-corrected chi connectivity index (χ1v) is 6.51. The molecule has 8 heteroatoms. The van der Waals surface area contributed by atoms with Crippen molar-refractivity contribution in [1.82, 2.24) is 5.32 Å². The third-order valence-corrected chi connectivity index (χ3v) is 3.10. The van der Waals surface area contributed by atoms with Crippen LogP contribution in [-0.2, 0) is 9.53 Å². The molecule has 3 atom stereocenters. The number of nitrogens with one attached hydrogen (secondary N) is 1. The summed E-state index contributed by atoms with van der Waals surface area (Å²) in [6, 6.07) is -1.51. The minimum absolute atomic E-state index is 0.406. The molecule has 0 aromatic heterocycles. The van der Waals surface area contributed by atoms with E-state index in [2.05, 4.69) is 15.3 Å². The molecule has 0 aliphatic heterocycles. The molecule has 0 bridgehead atoms. The molecule has 1 amide bonds. The Kier molecular flexibility index (Phi) is 5.21. The zero-order valence-corrected chi connectivity index (χ0v) is 11.9. The monoisotopic (exact) mass is 284 g/mol. The van der Waals surface area contributed by atoms with E-state index in [0.29, 0.717) is 12.8 Å². The van der Waals surface area contributed by atoms with Crippen LogP contribution < -0.4 is 5.32 Å². The maximum atomic E-state index is 11.7. The second-order valence-electron chi connectivity index (χ2n) is 5.83.